The quantitative estimate of drug-likeness (QED) is 0.501. The molecule has 0 fully saturated rings. The normalized spacial score (nSPS) is 11.9. The zero-order chi connectivity index (χ0) is 13.4. The van der Waals surface area contributed by atoms with E-state index in [1.54, 1.807) is 0 Å². The van der Waals surface area contributed by atoms with E-state index in [1.807, 2.05) is 31.2 Å². The van der Waals surface area contributed by atoms with Crippen molar-refractivity contribution in [3.8, 4) is 11.5 Å². The molecule has 0 aromatic heterocycles. The minimum absolute atomic E-state index is 0.0546. The highest BCUT2D eigenvalue weighted by molar-refractivity contribution is 5.41. The van der Waals surface area contributed by atoms with Crippen molar-refractivity contribution >= 4 is 0 Å². The lowest BCUT2D eigenvalue weighted by Crippen LogP contribution is -2.00. The molecule has 0 N–H and O–H groups in total. The fourth-order valence-corrected chi connectivity index (χ4v) is 1.61. The molecule has 0 heterocycles. The molecule has 0 aliphatic heterocycles. The Bertz CT molecular complexity index is 371. The van der Waals surface area contributed by atoms with Crippen LogP contribution in [0.5, 0.6) is 11.5 Å². The van der Waals surface area contributed by atoms with Crippen LogP contribution in [0.3, 0.4) is 0 Å². The zero-order valence-corrected chi connectivity index (χ0v) is 11.4. The second-order valence-electron chi connectivity index (χ2n) is 4.21. The van der Waals surface area contributed by atoms with Gasteiger partial charge in [-0.05, 0) is 38.0 Å². The number of rotatable bonds is 8. The highest BCUT2D eigenvalue weighted by Gasteiger charge is 2.07. The summed E-state index contributed by atoms with van der Waals surface area (Å²) in [6.45, 7) is 13.3. The summed E-state index contributed by atoms with van der Waals surface area (Å²) in [5, 5.41) is 0. The third kappa shape index (κ3) is 4.44. The van der Waals surface area contributed by atoms with E-state index in [0.29, 0.717) is 6.61 Å². The highest BCUT2D eigenvalue weighted by Crippen LogP contribution is 2.28. The van der Waals surface area contributed by atoms with Crippen molar-refractivity contribution in [2.45, 2.75) is 32.6 Å². The van der Waals surface area contributed by atoms with Crippen LogP contribution in [0.25, 0.3) is 0 Å². The monoisotopic (exact) mass is 247 g/mol. The van der Waals surface area contributed by atoms with E-state index in [1.165, 1.54) is 0 Å². The fraction of sp³-hybridized carbons (Fsp3) is 0.438. The largest absolute Gasteiger partial charge is 0.494 e. The first-order chi connectivity index (χ1) is 8.71. The molecule has 1 atom stereocenters. The van der Waals surface area contributed by atoms with Crippen LogP contribution >= 0.6 is 0 Å². The summed E-state index contributed by atoms with van der Waals surface area (Å²) < 4.78 is 11.3. The molecule has 1 rings (SSSR count). The van der Waals surface area contributed by atoms with Gasteiger partial charge in [0, 0.05) is 12.0 Å². The molecule has 18 heavy (non-hydrogen) atoms. The van der Waals surface area contributed by atoms with Gasteiger partial charge in [0.2, 0.25) is 0 Å². The summed E-state index contributed by atoms with van der Waals surface area (Å²) in [6, 6.07) is 5.94. The number of unbranched alkanes of at least 4 members (excludes halogenated alkanes) is 1. The van der Waals surface area contributed by atoms with Gasteiger partial charge in [-0.3, -0.25) is 0 Å². The highest BCUT2D eigenvalue weighted by atomic mass is 16.5. The van der Waals surface area contributed by atoms with Crippen LogP contribution in [0.4, 0.5) is 0 Å². The van der Waals surface area contributed by atoms with E-state index in [9.17, 15) is 0 Å². The summed E-state index contributed by atoms with van der Waals surface area (Å²) in [7, 11) is 0. The number of allylic oxidation sites excluding steroid dienone is 1. The topological polar surface area (TPSA) is 18.5 Å². The van der Waals surface area contributed by atoms with E-state index in [0.717, 1.165) is 36.5 Å². The molecule has 0 amide bonds. The van der Waals surface area contributed by atoms with Crippen molar-refractivity contribution in [2.75, 3.05) is 13.2 Å². The number of hydrogen-bond donors (Lipinski definition) is 0. The molecule has 99 valence electrons. The van der Waals surface area contributed by atoms with E-state index in [2.05, 4.69) is 20.4 Å². The minimum Gasteiger partial charge on any atom is -0.494 e. The molecule has 1 aromatic carbocycles. The maximum Gasteiger partial charge on any atom is 0.123 e. The second-order valence-corrected chi connectivity index (χ2v) is 4.21. The number of hydrogen-bond acceptors (Lipinski definition) is 2. The average Bonchev–Trinajstić information content (AvgIpc) is 2.38. The van der Waals surface area contributed by atoms with Gasteiger partial charge in [-0.1, -0.05) is 19.4 Å². The molecule has 2 heteroatoms. The van der Waals surface area contributed by atoms with Gasteiger partial charge in [0.25, 0.3) is 0 Å². The molecule has 1 unspecified atom stereocenters. The molecule has 0 aliphatic carbocycles. The van der Waals surface area contributed by atoms with Crippen LogP contribution < -0.4 is 9.47 Å². The lowest BCUT2D eigenvalue weighted by molar-refractivity contribution is 0.302. The van der Waals surface area contributed by atoms with Crippen LogP contribution in [-0.2, 0) is 0 Å². The maximum atomic E-state index is 5.73. The fourth-order valence-electron chi connectivity index (χ4n) is 1.61. The smallest absolute Gasteiger partial charge is 0.123 e. The Kier molecular flexibility index (Phi) is 6.34. The van der Waals surface area contributed by atoms with Crippen molar-refractivity contribution in [3.05, 3.63) is 43.3 Å². The summed E-state index contributed by atoms with van der Waals surface area (Å²) in [6.07, 6.45) is 4.01. The summed E-state index contributed by atoms with van der Waals surface area (Å²) in [5.41, 5.74) is 1.07. The van der Waals surface area contributed by atoms with Gasteiger partial charge in [0.15, 0.2) is 0 Å². The summed E-state index contributed by atoms with van der Waals surface area (Å²) in [5.74, 6) is 1.73. The number of benzene rings is 1. The van der Waals surface area contributed by atoms with Gasteiger partial charge in [-0.25, -0.2) is 0 Å². The molecule has 0 spiro atoms. The summed E-state index contributed by atoms with van der Waals surface area (Å²) >= 11 is 0. The first kappa shape index (κ1) is 14.6. The molecule has 1 aromatic rings. The predicted molar refractivity (Wildman–Crippen MR) is 76.3 cm³/mol. The molecule has 1 radical (unpaired) electrons. The van der Waals surface area contributed by atoms with Crippen LogP contribution in [0.1, 0.15) is 38.2 Å². The Morgan fingerprint density at radius 2 is 1.83 bits per heavy atom. The molecular formula is C16H23O2. The molecule has 0 aliphatic rings. The first-order valence-electron chi connectivity index (χ1n) is 6.57. The third-order valence-corrected chi connectivity index (χ3v) is 2.69. The summed E-state index contributed by atoms with van der Waals surface area (Å²) in [4.78, 5) is 0. The van der Waals surface area contributed by atoms with Crippen molar-refractivity contribution < 1.29 is 9.47 Å². The van der Waals surface area contributed by atoms with Gasteiger partial charge < -0.3 is 9.47 Å². The van der Waals surface area contributed by atoms with Crippen molar-refractivity contribution in [2.24, 2.45) is 0 Å². The molecule has 0 saturated carbocycles. The molecule has 0 bridgehead atoms. The Labute approximate surface area is 111 Å². The molecule has 0 saturated heterocycles. The lowest BCUT2D eigenvalue weighted by atomic mass is 10.0. The first-order valence-corrected chi connectivity index (χ1v) is 6.57. The minimum atomic E-state index is 0.0546. The van der Waals surface area contributed by atoms with Crippen molar-refractivity contribution in [1.29, 1.82) is 0 Å². The Balaban J connectivity index is 2.87. The Morgan fingerprint density at radius 1 is 1.17 bits per heavy atom. The average molecular weight is 247 g/mol. The maximum absolute atomic E-state index is 5.73. The van der Waals surface area contributed by atoms with E-state index >= 15 is 0 Å². The SMILES string of the molecule is [CH2]C(C=C)c1cc(OCC)cc(OCCCC)c1. The van der Waals surface area contributed by atoms with Crippen molar-refractivity contribution in [1.82, 2.24) is 0 Å². The van der Waals surface area contributed by atoms with Gasteiger partial charge in [-0.15, -0.1) is 6.58 Å². The van der Waals surface area contributed by atoms with E-state index in [-0.39, 0.29) is 5.92 Å². The van der Waals surface area contributed by atoms with Crippen LogP contribution in [0.2, 0.25) is 0 Å². The van der Waals surface area contributed by atoms with Crippen LogP contribution in [0, 0.1) is 6.92 Å². The van der Waals surface area contributed by atoms with Gasteiger partial charge >= 0.3 is 0 Å². The van der Waals surface area contributed by atoms with Gasteiger partial charge in [0.1, 0.15) is 11.5 Å². The zero-order valence-electron chi connectivity index (χ0n) is 11.4. The molecular weight excluding hydrogens is 224 g/mol. The van der Waals surface area contributed by atoms with Crippen LogP contribution in [0.15, 0.2) is 30.9 Å². The van der Waals surface area contributed by atoms with Crippen molar-refractivity contribution in [3.63, 3.8) is 0 Å². The Hall–Kier alpha value is -1.44. The van der Waals surface area contributed by atoms with E-state index < -0.39 is 0 Å². The third-order valence-electron chi connectivity index (χ3n) is 2.69. The standard InChI is InChI=1S/C16H23O2/c1-5-8-9-18-16-11-14(13(4)6-2)10-15(12-16)17-7-3/h6,10-13H,2,4-5,7-9H2,1,3H3. The Morgan fingerprint density at radius 3 is 2.39 bits per heavy atom. The van der Waals surface area contributed by atoms with E-state index in [4.69, 9.17) is 9.47 Å². The second kappa shape index (κ2) is 7.80. The van der Waals surface area contributed by atoms with Gasteiger partial charge in [-0.2, -0.15) is 0 Å². The van der Waals surface area contributed by atoms with Gasteiger partial charge in [0.05, 0.1) is 13.2 Å². The lowest BCUT2D eigenvalue weighted by Gasteiger charge is -2.13. The molecule has 2 nitrogen and oxygen atoms in total. The van der Waals surface area contributed by atoms with Crippen LogP contribution in [-0.4, -0.2) is 13.2 Å². The predicted octanol–water partition coefficient (Wildman–Crippen LogP) is 4.37. The number of ether oxygens (including phenoxy) is 2.